The summed E-state index contributed by atoms with van der Waals surface area (Å²) < 4.78 is 0. The van der Waals surface area contributed by atoms with E-state index >= 15 is 0 Å². The van der Waals surface area contributed by atoms with Gasteiger partial charge in [0.15, 0.2) is 5.52 Å². The van der Waals surface area contributed by atoms with E-state index in [9.17, 15) is 4.79 Å². The van der Waals surface area contributed by atoms with E-state index < -0.39 is 0 Å². The van der Waals surface area contributed by atoms with E-state index in [-0.39, 0.29) is 16.9 Å². The summed E-state index contributed by atoms with van der Waals surface area (Å²) in [6.45, 7) is 0. The summed E-state index contributed by atoms with van der Waals surface area (Å²) in [4.78, 5) is 13.4. The number of H-pyrrole nitrogens is 2. The van der Waals surface area contributed by atoms with Crippen molar-refractivity contribution in [2.75, 3.05) is 5.73 Å². The largest absolute Gasteiger partial charge is 0.385 e. The Balaban J connectivity index is 3.02. The fourth-order valence-corrected chi connectivity index (χ4v) is 0.880. The molecule has 0 aliphatic rings. The van der Waals surface area contributed by atoms with Crippen LogP contribution >= 0.6 is 0 Å². The highest BCUT2D eigenvalue weighted by atomic mass is 16.1. The highest BCUT2D eigenvalue weighted by molar-refractivity contribution is 5.74. The zero-order valence-corrected chi connectivity index (χ0v) is 5.46. The number of fused-ring (bicyclic) bond motifs is 1. The van der Waals surface area contributed by atoms with Crippen LogP contribution in [0.4, 0.5) is 5.82 Å². The molecule has 0 spiro atoms. The molecule has 0 saturated heterocycles. The van der Waals surface area contributed by atoms with Crippen LogP contribution in [0.5, 0.6) is 0 Å². The topological polar surface area (TPSA) is 100 Å². The van der Waals surface area contributed by atoms with Crippen LogP contribution in [0.25, 0.3) is 11.0 Å². The Morgan fingerprint density at radius 2 is 2.27 bits per heavy atom. The van der Waals surface area contributed by atoms with Gasteiger partial charge in [-0.1, -0.05) is 0 Å². The molecule has 4 N–H and O–H groups in total. The van der Waals surface area contributed by atoms with Crippen LogP contribution < -0.4 is 11.3 Å². The molecule has 0 amide bonds. The molecule has 0 aliphatic heterocycles. The van der Waals surface area contributed by atoms with Crippen molar-refractivity contribution >= 4 is 16.9 Å². The molecule has 2 aromatic heterocycles. The summed E-state index contributed by atoms with van der Waals surface area (Å²) in [5, 5.41) is 9.66. The van der Waals surface area contributed by atoms with Gasteiger partial charge in [0, 0.05) is 6.07 Å². The lowest BCUT2D eigenvalue weighted by Crippen LogP contribution is -2.08. The SMILES string of the molecule is Nc1cc2n[nH]nc2c(=O)[nH]1. The summed E-state index contributed by atoms with van der Waals surface area (Å²) in [5.74, 6) is 0.288. The van der Waals surface area contributed by atoms with E-state index in [1.807, 2.05) is 0 Å². The molecule has 0 fully saturated rings. The molecule has 0 bridgehead atoms. The van der Waals surface area contributed by atoms with Crippen molar-refractivity contribution in [3.63, 3.8) is 0 Å². The molecular weight excluding hydrogens is 146 g/mol. The normalized spacial score (nSPS) is 10.5. The van der Waals surface area contributed by atoms with Gasteiger partial charge in [-0.05, 0) is 0 Å². The van der Waals surface area contributed by atoms with Crippen LogP contribution in [0.15, 0.2) is 10.9 Å². The Bertz CT molecular complexity index is 441. The first-order valence-corrected chi connectivity index (χ1v) is 2.96. The van der Waals surface area contributed by atoms with Crippen molar-refractivity contribution in [3.8, 4) is 0 Å². The third-order valence-electron chi connectivity index (χ3n) is 1.34. The van der Waals surface area contributed by atoms with Crippen LogP contribution in [0.3, 0.4) is 0 Å². The fraction of sp³-hybridized carbons (Fsp3) is 0. The lowest BCUT2D eigenvalue weighted by molar-refractivity contribution is 0.957. The highest BCUT2D eigenvalue weighted by Gasteiger charge is 2.02. The van der Waals surface area contributed by atoms with Crippen LogP contribution in [0, 0.1) is 0 Å². The maximum Gasteiger partial charge on any atom is 0.279 e. The van der Waals surface area contributed by atoms with Gasteiger partial charge >= 0.3 is 0 Å². The van der Waals surface area contributed by atoms with Gasteiger partial charge < -0.3 is 10.7 Å². The van der Waals surface area contributed by atoms with Gasteiger partial charge in [-0.3, -0.25) is 4.79 Å². The van der Waals surface area contributed by atoms with Crippen molar-refractivity contribution in [2.24, 2.45) is 0 Å². The minimum absolute atomic E-state index is 0.277. The van der Waals surface area contributed by atoms with Gasteiger partial charge in [-0.15, -0.1) is 0 Å². The number of anilines is 1. The minimum Gasteiger partial charge on any atom is -0.385 e. The van der Waals surface area contributed by atoms with Crippen molar-refractivity contribution in [2.45, 2.75) is 0 Å². The number of aromatic amines is 2. The van der Waals surface area contributed by atoms with Gasteiger partial charge in [0.2, 0.25) is 0 Å². The highest BCUT2D eigenvalue weighted by Crippen LogP contribution is 2.02. The molecule has 2 rings (SSSR count). The lowest BCUT2D eigenvalue weighted by Gasteiger charge is -1.88. The van der Waals surface area contributed by atoms with Crippen LogP contribution in [-0.2, 0) is 0 Å². The predicted molar refractivity (Wildman–Crippen MR) is 38.9 cm³/mol. The van der Waals surface area contributed by atoms with E-state index in [0.717, 1.165) is 0 Å². The number of nitrogens with one attached hydrogen (secondary N) is 2. The Kier molecular flexibility index (Phi) is 0.974. The van der Waals surface area contributed by atoms with Gasteiger partial charge in [0.25, 0.3) is 5.56 Å². The second-order valence-electron chi connectivity index (χ2n) is 2.11. The summed E-state index contributed by atoms with van der Waals surface area (Å²) in [6.07, 6.45) is 0. The Hall–Kier alpha value is -1.85. The van der Waals surface area contributed by atoms with Gasteiger partial charge in [-0.25, -0.2) is 0 Å². The van der Waals surface area contributed by atoms with Crippen molar-refractivity contribution < 1.29 is 0 Å². The Labute approximate surface area is 60.4 Å². The lowest BCUT2D eigenvalue weighted by atomic mass is 10.4. The number of hydrogen-bond acceptors (Lipinski definition) is 4. The molecule has 11 heavy (non-hydrogen) atoms. The average molecular weight is 151 g/mol. The number of nitrogens with two attached hydrogens (primary N) is 1. The molecule has 2 heterocycles. The molecule has 0 radical (unpaired) electrons. The van der Waals surface area contributed by atoms with Gasteiger partial charge in [0.05, 0.1) is 0 Å². The molecule has 0 aromatic carbocycles. The smallest absolute Gasteiger partial charge is 0.279 e. The second kappa shape index (κ2) is 1.82. The number of rotatable bonds is 0. The summed E-state index contributed by atoms with van der Waals surface area (Å²) in [7, 11) is 0. The summed E-state index contributed by atoms with van der Waals surface area (Å²) >= 11 is 0. The summed E-state index contributed by atoms with van der Waals surface area (Å²) in [5.41, 5.74) is 5.78. The first-order valence-electron chi connectivity index (χ1n) is 2.96. The number of nitrogen functional groups attached to an aromatic ring is 1. The third kappa shape index (κ3) is 0.759. The maximum atomic E-state index is 11.0. The van der Waals surface area contributed by atoms with Crippen LogP contribution in [0.2, 0.25) is 0 Å². The van der Waals surface area contributed by atoms with E-state index in [1.165, 1.54) is 0 Å². The fourth-order valence-electron chi connectivity index (χ4n) is 0.880. The minimum atomic E-state index is -0.325. The van der Waals surface area contributed by atoms with Crippen LogP contribution in [-0.4, -0.2) is 20.4 Å². The molecule has 56 valence electrons. The average Bonchev–Trinajstić information content (AvgIpc) is 2.34. The molecule has 6 nitrogen and oxygen atoms in total. The predicted octanol–water partition coefficient (Wildman–Crippen LogP) is -0.772. The standard InChI is InChI=1S/C5H5N5O/c6-3-1-2-4(5(11)7-3)9-10-8-2/h1H,(H3,6,7,11)(H,8,9,10). The number of aromatic nitrogens is 4. The molecule has 6 heteroatoms. The van der Waals surface area contributed by atoms with Crippen molar-refractivity contribution in [3.05, 3.63) is 16.4 Å². The van der Waals surface area contributed by atoms with E-state index in [4.69, 9.17) is 5.73 Å². The maximum absolute atomic E-state index is 11.0. The molecule has 0 unspecified atom stereocenters. The van der Waals surface area contributed by atoms with Crippen LogP contribution in [0.1, 0.15) is 0 Å². The number of pyridine rings is 1. The van der Waals surface area contributed by atoms with E-state index in [0.29, 0.717) is 5.52 Å². The van der Waals surface area contributed by atoms with Crippen molar-refractivity contribution in [1.82, 2.24) is 20.4 Å². The Morgan fingerprint density at radius 3 is 3.09 bits per heavy atom. The first-order chi connectivity index (χ1) is 5.27. The monoisotopic (exact) mass is 151 g/mol. The van der Waals surface area contributed by atoms with E-state index in [2.05, 4.69) is 20.4 Å². The molecule has 0 saturated carbocycles. The van der Waals surface area contributed by atoms with Crippen molar-refractivity contribution in [1.29, 1.82) is 0 Å². The third-order valence-corrected chi connectivity index (χ3v) is 1.34. The molecule has 2 aromatic rings. The molecule has 0 atom stereocenters. The van der Waals surface area contributed by atoms with Gasteiger partial charge in [-0.2, -0.15) is 15.4 Å². The molecule has 0 aliphatic carbocycles. The molecular formula is C5H5N5O. The zero-order chi connectivity index (χ0) is 7.84. The summed E-state index contributed by atoms with van der Waals surface area (Å²) in [6, 6.07) is 1.54. The number of nitrogens with zero attached hydrogens (tertiary/aromatic N) is 2. The van der Waals surface area contributed by atoms with Gasteiger partial charge in [0.1, 0.15) is 11.3 Å². The Morgan fingerprint density at radius 1 is 1.45 bits per heavy atom. The van der Waals surface area contributed by atoms with E-state index in [1.54, 1.807) is 6.07 Å². The second-order valence-corrected chi connectivity index (χ2v) is 2.11. The zero-order valence-electron chi connectivity index (χ0n) is 5.46. The quantitative estimate of drug-likeness (QED) is 0.460. The number of hydrogen-bond donors (Lipinski definition) is 3. The first kappa shape index (κ1) is 5.90.